The third-order valence-electron chi connectivity index (χ3n) is 2.20. The van der Waals surface area contributed by atoms with Crippen LogP contribution < -0.4 is 14.9 Å². The average molecular weight is 280 g/mol. The Hall–Kier alpha value is -2.24. The van der Waals surface area contributed by atoms with Crippen LogP contribution in [0.2, 0.25) is 0 Å². The maximum atomic E-state index is 11.4. The maximum Gasteiger partial charge on any atom is 0.428 e. The van der Waals surface area contributed by atoms with Crippen LogP contribution in [0.25, 0.3) is 0 Å². The minimum atomic E-state index is -0.615. The van der Waals surface area contributed by atoms with E-state index in [1.807, 2.05) is 0 Å². The van der Waals surface area contributed by atoms with E-state index in [2.05, 4.69) is 10.5 Å². The van der Waals surface area contributed by atoms with Crippen molar-refractivity contribution in [2.45, 2.75) is 26.4 Å². The second kappa shape index (κ2) is 6.79. The molecule has 0 fully saturated rings. The molecule has 110 valence electrons. The largest absolute Gasteiger partial charge is 0.497 e. The normalized spacial score (nSPS) is 11.2. The topological polar surface area (TPSA) is 69.2 Å². The van der Waals surface area contributed by atoms with Gasteiger partial charge in [-0.2, -0.15) is 5.10 Å². The second-order valence-electron chi connectivity index (χ2n) is 4.98. The van der Waals surface area contributed by atoms with E-state index in [1.54, 1.807) is 53.2 Å². The Balaban J connectivity index is 2.72. The molecule has 0 saturated carbocycles. The van der Waals surface area contributed by atoms with Crippen LogP contribution >= 0.6 is 0 Å². The molecular formula is C14H20N2O4. The highest BCUT2D eigenvalue weighted by Gasteiger charge is 2.15. The van der Waals surface area contributed by atoms with Crippen LogP contribution in [0.5, 0.6) is 11.5 Å². The number of benzene rings is 1. The Bertz CT molecular complexity index is 492. The van der Waals surface area contributed by atoms with E-state index in [4.69, 9.17) is 14.2 Å². The first-order chi connectivity index (χ1) is 9.35. The fraction of sp³-hybridized carbons (Fsp3) is 0.429. The molecule has 1 rings (SSSR count). The van der Waals surface area contributed by atoms with Gasteiger partial charge in [0.15, 0.2) is 0 Å². The van der Waals surface area contributed by atoms with Gasteiger partial charge in [-0.05, 0) is 39.0 Å². The highest BCUT2D eigenvalue weighted by molar-refractivity contribution is 5.85. The van der Waals surface area contributed by atoms with E-state index >= 15 is 0 Å². The molecule has 0 bridgehead atoms. The molecule has 6 heteroatoms. The lowest BCUT2D eigenvalue weighted by Gasteiger charge is -2.18. The van der Waals surface area contributed by atoms with Gasteiger partial charge in [0, 0.05) is 5.56 Å². The summed E-state index contributed by atoms with van der Waals surface area (Å²) in [6, 6.07) is 5.28. The van der Waals surface area contributed by atoms with Crippen LogP contribution in [0, 0.1) is 0 Å². The molecule has 0 atom stereocenters. The number of hydrogen-bond acceptors (Lipinski definition) is 5. The zero-order valence-electron chi connectivity index (χ0n) is 12.4. The van der Waals surface area contributed by atoms with Gasteiger partial charge in [-0.15, -0.1) is 0 Å². The smallest absolute Gasteiger partial charge is 0.428 e. The van der Waals surface area contributed by atoms with Crippen molar-refractivity contribution in [1.82, 2.24) is 5.43 Å². The average Bonchev–Trinajstić information content (AvgIpc) is 2.36. The standard InChI is InChI=1S/C14H20N2O4/c1-14(2,3)20-13(17)16-15-9-10-8-11(18-4)6-7-12(10)19-5/h6-9H,1-5H3,(H,16,17)/b15-9-. The summed E-state index contributed by atoms with van der Waals surface area (Å²) in [5.74, 6) is 1.30. The number of amides is 1. The first-order valence-electron chi connectivity index (χ1n) is 6.10. The highest BCUT2D eigenvalue weighted by atomic mass is 16.6. The van der Waals surface area contributed by atoms with Gasteiger partial charge in [0.05, 0.1) is 20.4 Å². The van der Waals surface area contributed by atoms with Gasteiger partial charge in [-0.1, -0.05) is 0 Å². The number of nitrogens with one attached hydrogen (secondary N) is 1. The number of hydrazone groups is 1. The lowest BCUT2D eigenvalue weighted by molar-refractivity contribution is 0.0529. The zero-order valence-corrected chi connectivity index (χ0v) is 12.4. The maximum absolute atomic E-state index is 11.4. The molecule has 1 aromatic rings. The summed E-state index contributed by atoms with van der Waals surface area (Å²) in [4.78, 5) is 11.4. The van der Waals surface area contributed by atoms with E-state index in [1.165, 1.54) is 6.21 Å². The summed E-state index contributed by atoms with van der Waals surface area (Å²) in [7, 11) is 3.13. The van der Waals surface area contributed by atoms with Crippen molar-refractivity contribution in [3.05, 3.63) is 23.8 Å². The van der Waals surface area contributed by atoms with Crippen LogP contribution in [-0.2, 0) is 4.74 Å². The monoisotopic (exact) mass is 280 g/mol. The number of rotatable bonds is 4. The predicted octanol–water partition coefficient (Wildman–Crippen LogP) is 2.56. The van der Waals surface area contributed by atoms with E-state index in [0.717, 1.165) is 0 Å². The van der Waals surface area contributed by atoms with Crippen molar-refractivity contribution in [2.24, 2.45) is 5.10 Å². The third-order valence-corrected chi connectivity index (χ3v) is 2.20. The minimum absolute atomic E-state index is 0.562. The molecule has 0 aliphatic rings. The first kappa shape index (κ1) is 15.8. The van der Waals surface area contributed by atoms with Gasteiger partial charge < -0.3 is 14.2 Å². The van der Waals surface area contributed by atoms with Crippen LogP contribution in [0.4, 0.5) is 4.79 Å². The van der Waals surface area contributed by atoms with Crippen molar-refractivity contribution in [3.63, 3.8) is 0 Å². The second-order valence-corrected chi connectivity index (χ2v) is 4.98. The molecule has 0 aliphatic heterocycles. The number of carbonyl (C=O) groups excluding carboxylic acids is 1. The predicted molar refractivity (Wildman–Crippen MR) is 76.5 cm³/mol. The summed E-state index contributed by atoms with van der Waals surface area (Å²) in [6.07, 6.45) is 0.848. The molecule has 1 amide bonds. The summed E-state index contributed by atoms with van der Waals surface area (Å²) in [6.45, 7) is 5.34. The third kappa shape index (κ3) is 5.17. The number of hydrogen-bond donors (Lipinski definition) is 1. The molecule has 6 nitrogen and oxygen atoms in total. The SMILES string of the molecule is COc1ccc(OC)c(/C=N\NC(=O)OC(C)(C)C)c1. The van der Waals surface area contributed by atoms with Crippen molar-refractivity contribution in [2.75, 3.05) is 14.2 Å². The molecule has 0 radical (unpaired) electrons. The lowest BCUT2D eigenvalue weighted by Crippen LogP contribution is -2.29. The van der Waals surface area contributed by atoms with Gasteiger partial charge in [0.25, 0.3) is 0 Å². The van der Waals surface area contributed by atoms with E-state index in [-0.39, 0.29) is 0 Å². The number of nitrogens with zero attached hydrogens (tertiary/aromatic N) is 1. The van der Waals surface area contributed by atoms with Gasteiger partial charge in [-0.3, -0.25) is 0 Å². The minimum Gasteiger partial charge on any atom is -0.497 e. The molecule has 0 spiro atoms. The molecular weight excluding hydrogens is 260 g/mol. The highest BCUT2D eigenvalue weighted by Crippen LogP contribution is 2.22. The van der Waals surface area contributed by atoms with Crippen LogP contribution in [0.3, 0.4) is 0 Å². The van der Waals surface area contributed by atoms with Gasteiger partial charge in [0.1, 0.15) is 17.1 Å². The Kier molecular flexibility index (Phi) is 5.37. The van der Waals surface area contributed by atoms with Gasteiger partial charge >= 0.3 is 6.09 Å². The molecule has 1 N–H and O–H groups in total. The molecule has 1 aromatic carbocycles. The van der Waals surface area contributed by atoms with E-state index < -0.39 is 11.7 Å². The van der Waals surface area contributed by atoms with Crippen LogP contribution in [0.1, 0.15) is 26.3 Å². The van der Waals surface area contributed by atoms with Crippen molar-refractivity contribution < 1.29 is 19.0 Å². The first-order valence-corrected chi connectivity index (χ1v) is 6.10. The van der Waals surface area contributed by atoms with Crippen molar-refractivity contribution in [3.8, 4) is 11.5 Å². The Morgan fingerprint density at radius 1 is 1.25 bits per heavy atom. The molecule has 0 aliphatic carbocycles. The van der Waals surface area contributed by atoms with Gasteiger partial charge in [-0.25, -0.2) is 10.2 Å². The van der Waals surface area contributed by atoms with E-state index in [0.29, 0.717) is 17.1 Å². The molecule has 20 heavy (non-hydrogen) atoms. The number of methoxy groups -OCH3 is 2. The zero-order chi connectivity index (χ0) is 15.2. The number of carbonyl (C=O) groups is 1. The van der Waals surface area contributed by atoms with Gasteiger partial charge in [0.2, 0.25) is 0 Å². The van der Waals surface area contributed by atoms with Crippen molar-refractivity contribution in [1.29, 1.82) is 0 Å². The summed E-state index contributed by atoms with van der Waals surface area (Å²) < 4.78 is 15.4. The Morgan fingerprint density at radius 2 is 1.95 bits per heavy atom. The quantitative estimate of drug-likeness (QED) is 0.679. The Morgan fingerprint density at radius 3 is 2.50 bits per heavy atom. The van der Waals surface area contributed by atoms with Crippen molar-refractivity contribution >= 4 is 12.3 Å². The molecule has 0 unspecified atom stereocenters. The molecule has 0 aromatic heterocycles. The summed E-state index contributed by atoms with van der Waals surface area (Å²) >= 11 is 0. The summed E-state index contributed by atoms with van der Waals surface area (Å²) in [5.41, 5.74) is 2.41. The number of ether oxygens (including phenoxy) is 3. The molecule has 0 heterocycles. The fourth-order valence-electron chi connectivity index (χ4n) is 1.40. The fourth-order valence-corrected chi connectivity index (χ4v) is 1.40. The van der Waals surface area contributed by atoms with Crippen LogP contribution in [-0.4, -0.2) is 32.1 Å². The lowest BCUT2D eigenvalue weighted by atomic mass is 10.2. The van der Waals surface area contributed by atoms with E-state index in [9.17, 15) is 4.79 Å². The molecule has 0 saturated heterocycles. The van der Waals surface area contributed by atoms with Crippen LogP contribution in [0.15, 0.2) is 23.3 Å². The summed E-state index contributed by atoms with van der Waals surface area (Å²) in [5, 5.41) is 3.82. The Labute approximate surface area is 118 Å².